The molecule has 0 aliphatic carbocycles. The molecule has 27 heavy (non-hydrogen) atoms. The fourth-order valence-corrected chi connectivity index (χ4v) is 2.96. The van der Waals surface area contributed by atoms with E-state index in [2.05, 4.69) is 10.3 Å². The first-order chi connectivity index (χ1) is 13.1. The maximum Gasteiger partial charge on any atom is 0.340 e. The highest BCUT2D eigenvalue weighted by molar-refractivity contribution is 5.98. The van der Waals surface area contributed by atoms with Crippen molar-refractivity contribution in [3.8, 4) is 11.3 Å². The van der Waals surface area contributed by atoms with Gasteiger partial charge in [0.05, 0.1) is 17.9 Å². The molecule has 1 aromatic carbocycles. The number of carbonyl (C=O) groups excluding carboxylic acids is 3. The van der Waals surface area contributed by atoms with Gasteiger partial charge in [-0.15, -0.1) is 0 Å². The standard InChI is InChI=1S/C20H21N3O4/c1-2-27-20(26)16-7-4-9-22-18(16)14-5-3-6-15(13-14)19(25)23-11-8-17(24)21-10-12-23/h3-7,9,13H,2,8,10-12H2,1H3,(H,21,24). The molecule has 2 amide bonds. The molecular formula is C20H21N3O4. The Balaban J connectivity index is 1.89. The van der Waals surface area contributed by atoms with Crippen LogP contribution in [0.2, 0.25) is 0 Å². The summed E-state index contributed by atoms with van der Waals surface area (Å²) in [5.74, 6) is -0.650. The SMILES string of the molecule is CCOC(=O)c1cccnc1-c1cccc(C(=O)N2CCNC(=O)CC2)c1. The number of rotatable bonds is 4. The lowest BCUT2D eigenvalue weighted by atomic mass is 10.0. The number of ether oxygens (including phenoxy) is 1. The Morgan fingerprint density at radius 3 is 2.89 bits per heavy atom. The normalized spacial score (nSPS) is 14.3. The summed E-state index contributed by atoms with van der Waals surface area (Å²) < 4.78 is 5.09. The van der Waals surface area contributed by atoms with Crippen molar-refractivity contribution in [1.82, 2.24) is 15.2 Å². The molecule has 1 fully saturated rings. The Morgan fingerprint density at radius 2 is 2.07 bits per heavy atom. The second-order valence-electron chi connectivity index (χ2n) is 6.09. The second-order valence-corrected chi connectivity index (χ2v) is 6.09. The highest BCUT2D eigenvalue weighted by Crippen LogP contribution is 2.23. The number of aromatic nitrogens is 1. The van der Waals surface area contributed by atoms with Crippen LogP contribution >= 0.6 is 0 Å². The molecule has 140 valence electrons. The molecule has 0 atom stereocenters. The Hall–Kier alpha value is -3.22. The fourth-order valence-electron chi connectivity index (χ4n) is 2.96. The molecule has 0 radical (unpaired) electrons. The van der Waals surface area contributed by atoms with E-state index in [1.165, 1.54) is 0 Å². The van der Waals surface area contributed by atoms with E-state index in [9.17, 15) is 14.4 Å². The van der Waals surface area contributed by atoms with Crippen LogP contribution in [0.3, 0.4) is 0 Å². The Kier molecular flexibility index (Phi) is 5.80. The highest BCUT2D eigenvalue weighted by atomic mass is 16.5. The predicted molar refractivity (Wildman–Crippen MR) is 99.2 cm³/mol. The molecule has 7 nitrogen and oxygen atoms in total. The summed E-state index contributed by atoms with van der Waals surface area (Å²) in [5, 5.41) is 2.76. The van der Waals surface area contributed by atoms with Gasteiger partial charge in [-0.3, -0.25) is 14.6 Å². The van der Waals surface area contributed by atoms with Crippen molar-refractivity contribution in [3.63, 3.8) is 0 Å². The molecule has 7 heteroatoms. The van der Waals surface area contributed by atoms with Crippen LogP contribution in [0.5, 0.6) is 0 Å². The second kappa shape index (κ2) is 8.44. The minimum atomic E-state index is -0.450. The molecule has 0 bridgehead atoms. The summed E-state index contributed by atoms with van der Waals surface area (Å²) in [6, 6.07) is 10.3. The van der Waals surface area contributed by atoms with Crippen LogP contribution in [0.15, 0.2) is 42.6 Å². The lowest BCUT2D eigenvalue weighted by Gasteiger charge is -2.20. The predicted octanol–water partition coefficient (Wildman–Crippen LogP) is 1.89. The average molecular weight is 367 g/mol. The summed E-state index contributed by atoms with van der Waals surface area (Å²) in [4.78, 5) is 42.5. The topological polar surface area (TPSA) is 88.6 Å². The molecule has 1 N–H and O–H groups in total. The zero-order valence-electron chi connectivity index (χ0n) is 15.1. The number of benzene rings is 1. The van der Waals surface area contributed by atoms with E-state index < -0.39 is 5.97 Å². The first kappa shape index (κ1) is 18.6. The van der Waals surface area contributed by atoms with Gasteiger partial charge in [-0.05, 0) is 31.2 Å². The van der Waals surface area contributed by atoms with Crippen LogP contribution in [0.4, 0.5) is 0 Å². The Bertz CT molecular complexity index is 866. The Labute approximate surface area is 157 Å². The van der Waals surface area contributed by atoms with Gasteiger partial charge in [0, 0.05) is 43.4 Å². The van der Waals surface area contributed by atoms with Crippen molar-refractivity contribution in [2.75, 3.05) is 26.2 Å². The summed E-state index contributed by atoms with van der Waals surface area (Å²) in [7, 11) is 0. The number of carbonyl (C=O) groups is 3. The van der Waals surface area contributed by atoms with Gasteiger partial charge in [-0.2, -0.15) is 0 Å². The maximum absolute atomic E-state index is 12.8. The maximum atomic E-state index is 12.8. The summed E-state index contributed by atoms with van der Waals surface area (Å²) in [6.45, 7) is 3.30. The lowest BCUT2D eigenvalue weighted by molar-refractivity contribution is -0.120. The molecular weight excluding hydrogens is 346 g/mol. The smallest absolute Gasteiger partial charge is 0.340 e. The molecule has 2 aromatic rings. The van der Waals surface area contributed by atoms with Gasteiger partial charge in [0.25, 0.3) is 5.91 Å². The van der Waals surface area contributed by atoms with Crippen molar-refractivity contribution >= 4 is 17.8 Å². The van der Waals surface area contributed by atoms with Crippen LogP contribution in [0.25, 0.3) is 11.3 Å². The van der Waals surface area contributed by atoms with Gasteiger partial charge >= 0.3 is 5.97 Å². The molecule has 2 heterocycles. The van der Waals surface area contributed by atoms with Crippen molar-refractivity contribution in [1.29, 1.82) is 0 Å². The molecule has 1 aromatic heterocycles. The summed E-state index contributed by atoms with van der Waals surface area (Å²) in [6.07, 6.45) is 1.89. The third-order valence-corrected chi connectivity index (χ3v) is 4.29. The molecule has 1 aliphatic heterocycles. The first-order valence-electron chi connectivity index (χ1n) is 8.88. The largest absolute Gasteiger partial charge is 0.462 e. The van der Waals surface area contributed by atoms with E-state index in [-0.39, 0.29) is 18.4 Å². The van der Waals surface area contributed by atoms with Crippen LogP contribution < -0.4 is 5.32 Å². The van der Waals surface area contributed by atoms with Crippen LogP contribution in [0, 0.1) is 0 Å². The third kappa shape index (κ3) is 4.31. The van der Waals surface area contributed by atoms with Crippen LogP contribution in [-0.4, -0.2) is 53.9 Å². The lowest BCUT2D eigenvalue weighted by Crippen LogP contribution is -2.34. The quantitative estimate of drug-likeness (QED) is 0.834. The van der Waals surface area contributed by atoms with Gasteiger partial charge in [-0.25, -0.2) is 4.79 Å². The van der Waals surface area contributed by atoms with E-state index in [0.717, 1.165) is 0 Å². The molecule has 0 saturated carbocycles. The van der Waals surface area contributed by atoms with Gasteiger partial charge in [0.15, 0.2) is 0 Å². The van der Waals surface area contributed by atoms with E-state index in [4.69, 9.17) is 4.74 Å². The number of pyridine rings is 1. The molecule has 1 aliphatic rings. The minimum absolute atomic E-state index is 0.0494. The van der Waals surface area contributed by atoms with Crippen molar-refractivity contribution in [2.24, 2.45) is 0 Å². The zero-order valence-corrected chi connectivity index (χ0v) is 15.1. The highest BCUT2D eigenvalue weighted by Gasteiger charge is 2.21. The Morgan fingerprint density at radius 1 is 1.22 bits per heavy atom. The molecule has 1 saturated heterocycles. The van der Waals surface area contributed by atoms with E-state index in [1.54, 1.807) is 54.4 Å². The number of amides is 2. The zero-order chi connectivity index (χ0) is 19.2. The number of hydrogen-bond acceptors (Lipinski definition) is 5. The van der Waals surface area contributed by atoms with Crippen molar-refractivity contribution < 1.29 is 19.1 Å². The third-order valence-electron chi connectivity index (χ3n) is 4.29. The fraction of sp³-hybridized carbons (Fsp3) is 0.300. The van der Waals surface area contributed by atoms with Crippen molar-refractivity contribution in [2.45, 2.75) is 13.3 Å². The average Bonchev–Trinajstić information content (AvgIpc) is 2.92. The van der Waals surface area contributed by atoms with Crippen LogP contribution in [-0.2, 0) is 9.53 Å². The van der Waals surface area contributed by atoms with E-state index in [1.807, 2.05) is 0 Å². The molecule has 0 unspecified atom stereocenters. The van der Waals surface area contributed by atoms with Crippen molar-refractivity contribution in [3.05, 3.63) is 53.7 Å². The molecule has 0 spiro atoms. The number of esters is 1. The minimum Gasteiger partial charge on any atom is -0.462 e. The summed E-state index contributed by atoms with van der Waals surface area (Å²) in [5.41, 5.74) is 1.97. The van der Waals surface area contributed by atoms with Gasteiger partial charge in [-0.1, -0.05) is 12.1 Å². The number of hydrogen-bond donors (Lipinski definition) is 1. The van der Waals surface area contributed by atoms with E-state index >= 15 is 0 Å². The van der Waals surface area contributed by atoms with E-state index in [0.29, 0.717) is 48.4 Å². The molecule has 3 rings (SSSR count). The van der Waals surface area contributed by atoms with Gasteiger partial charge < -0.3 is 15.0 Å². The van der Waals surface area contributed by atoms with Crippen LogP contribution in [0.1, 0.15) is 34.1 Å². The summed E-state index contributed by atoms with van der Waals surface area (Å²) >= 11 is 0. The number of nitrogens with zero attached hydrogens (tertiary/aromatic N) is 2. The monoisotopic (exact) mass is 367 g/mol. The van der Waals surface area contributed by atoms with Gasteiger partial charge in [0.2, 0.25) is 5.91 Å². The first-order valence-corrected chi connectivity index (χ1v) is 8.88. The number of nitrogens with one attached hydrogen (secondary N) is 1. The van der Waals surface area contributed by atoms with Gasteiger partial charge in [0.1, 0.15) is 0 Å².